The van der Waals surface area contributed by atoms with Crippen LogP contribution in [-0.2, 0) is 16.2 Å². The second-order valence-electron chi connectivity index (χ2n) is 10.1. The smallest absolute Gasteiger partial charge is 0.489 e. The number of carboxylic acids is 1. The number of fused-ring (bicyclic) bond motifs is 1. The molecular formula is C29H29F3N6O5S. The van der Waals surface area contributed by atoms with E-state index in [0.717, 1.165) is 22.2 Å². The fourth-order valence-electron chi connectivity index (χ4n) is 4.80. The minimum absolute atomic E-state index is 0.0219. The number of carboxylic acid groups (broad SMARTS) is 1. The zero-order valence-electron chi connectivity index (χ0n) is 23.6. The molecule has 0 spiro atoms. The van der Waals surface area contributed by atoms with E-state index in [0.29, 0.717) is 48.0 Å². The number of carbonyl (C=O) groups is 3. The molecule has 3 heterocycles. The number of amides is 2. The maximum atomic E-state index is 13.1. The quantitative estimate of drug-likeness (QED) is 0.224. The Morgan fingerprint density at radius 2 is 1.84 bits per heavy atom. The van der Waals surface area contributed by atoms with Crippen LogP contribution in [0.3, 0.4) is 0 Å². The van der Waals surface area contributed by atoms with Crippen LogP contribution in [0.5, 0.6) is 5.75 Å². The Hall–Kier alpha value is -4.79. The predicted octanol–water partition coefficient (Wildman–Crippen LogP) is 4.67. The van der Waals surface area contributed by atoms with Crippen molar-refractivity contribution in [1.82, 2.24) is 30.4 Å². The summed E-state index contributed by atoms with van der Waals surface area (Å²) in [4.78, 5) is 43.4. The number of aryl methyl sites for hydroxylation is 1. The third-order valence-electron chi connectivity index (χ3n) is 6.93. The molecule has 1 aliphatic heterocycles. The summed E-state index contributed by atoms with van der Waals surface area (Å²) in [6, 6.07) is 16.8. The molecule has 2 aromatic heterocycles. The van der Waals surface area contributed by atoms with Crippen molar-refractivity contribution in [2.45, 2.75) is 45.0 Å². The van der Waals surface area contributed by atoms with E-state index in [1.165, 1.54) is 6.92 Å². The fourth-order valence-corrected chi connectivity index (χ4v) is 4.95. The van der Waals surface area contributed by atoms with Crippen molar-refractivity contribution < 1.29 is 37.4 Å². The first-order valence-corrected chi connectivity index (χ1v) is 13.8. The van der Waals surface area contributed by atoms with Gasteiger partial charge in [-0.15, -0.1) is 0 Å². The second kappa shape index (κ2) is 13.7. The summed E-state index contributed by atoms with van der Waals surface area (Å²) in [7, 11) is 0. The van der Waals surface area contributed by atoms with Crippen LogP contribution in [-0.4, -0.2) is 73.3 Å². The van der Waals surface area contributed by atoms with Gasteiger partial charge in [0, 0.05) is 48.1 Å². The number of aliphatic carboxylic acids is 1. The van der Waals surface area contributed by atoms with Crippen LogP contribution in [0.25, 0.3) is 10.9 Å². The Morgan fingerprint density at radius 3 is 2.45 bits per heavy atom. The van der Waals surface area contributed by atoms with Crippen LogP contribution in [0.2, 0.25) is 0 Å². The van der Waals surface area contributed by atoms with Gasteiger partial charge in [0.05, 0.1) is 11.6 Å². The molecule has 2 amide bonds. The number of rotatable bonds is 6. The molecule has 44 heavy (non-hydrogen) atoms. The monoisotopic (exact) mass is 630 g/mol. The van der Waals surface area contributed by atoms with E-state index in [1.807, 2.05) is 37.3 Å². The van der Waals surface area contributed by atoms with Crippen molar-refractivity contribution >= 4 is 40.9 Å². The molecule has 1 aliphatic rings. The van der Waals surface area contributed by atoms with E-state index in [4.69, 9.17) is 26.9 Å². The lowest BCUT2D eigenvalue weighted by atomic mass is 9.90. The largest absolute Gasteiger partial charge is 0.490 e. The number of nitrogens with zero attached hydrogens (tertiary/aromatic N) is 3. The lowest BCUT2D eigenvalue weighted by Crippen LogP contribution is -2.53. The summed E-state index contributed by atoms with van der Waals surface area (Å²) in [5.41, 5.74) is 3.44. The zero-order valence-corrected chi connectivity index (χ0v) is 24.5. The van der Waals surface area contributed by atoms with E-state index in [9.17, 15) is 22.8 Å². The SMILES string of the molecule is CC(=O)N1CC[C@H](c2n[nH]c(=S)[nH]2)[C@H](NC(=O)c2ccc(OCc3cc(C)nc4ccccc34)cc2)C1.O=C(O)C(F)(F)F. The van der Waals surface area contributed by atoms with Gasteiger partial charge in [0.2, 0.25) is 5.91 Å². The highest BCUT2D eigenvalue weighted by atomic mass is 32.1. The van der Waals surface area contributed by atoms with Crippen molar-refractivity contribution in [3.8, 4) is 5.75 Å². The minimum Gasteiger partial charge on any atom is -0.489 e. The van der Waals surface area contributed by atoms with Gasteiger partial charge in [-0.25, -0.2) is 4.79 Å². The van der Waals surface area contributed by atoms with Gasteiger partial charge in [-0.2, -0.15) is 18.3 Å². The predicted molar refractivity (Wildman–Crippen MR) is 156 cm³/mol. The second-order valence-corrected chi connectivity index (χ2v) is 10.5. The molecular weight excluding hydrogens is 601 g/mol. The van der Waals surface area contributed by atoms with Gasteiger partial charge in [0.15, 0.2) is 4.77 Å². The first kappa shape index (κ1) is 32.1. The lowest BCUT2D eigenvalue weighted by molar-refractivity contribution is -0.192. The standard InChI is InChI=1S/C27H28N6O3S.C2HF3O2/c1-16-13-19(21-5-3-4-6-23(21)28-16)15-36-20-9-7-18(8-10-20)26(35)29-24-14-33(17(2)34)12-11-22(24)25-30-27(37)32-31-25;3-2(4,5)1(6)7/h3-10,13,22,24H,11-12,14-15H2,1-2H3,(H,29,35)(H2,30,31,32,37);(H,6,7)/t22-,24+;/m0./s1. The van der Waals surface area contributed by atoms with E-state index in [2.05, 4.69) is 25.5 Å². The maximum absolute atomic E-state index is 13.1. The van der Waals surface area contributed by atoms with E-state index in [1.54, 1.807) is 29.2 Å². The first-order chi connectivity index (χ1) is 20.8. The number of halogens is 3. The molecule has 2 aromatic carbocycles. The lowest BCUT2D eigenvalue weighted by Gasteiger charge is -2.37. The molecule has 0 saturated carbocycles. The number of aromatic amines is 2. The number of ether oxygens (including phenoxy) is 1. The summed E-state index contributed by atoms with van der Waals surface area (Å²) in [6.45, 7) is 4.90. The normalized spacial score (nSPS) is 16.5. The number of hydrogen-bond acceptors (Lipinski definition) is 7. The molecule has 232 valence electrons. The van der Waals surface area contributed by atoms with Crippen LogP contribution in [0.4, 0.5) is 13.2 Å². The highest BCUT2D eigenvalue weighted by Crippen LogP contribution is 2.27. The van der Waals surface area contributed by atoms with Crippen molar-refractivity contribution in [2.75, 3.05) is 13.1 Å². The first-order valence-electron chi connectivity index (χ1n) is 13.4. The number of nitrogens with one attached hydrogen (secondary N) is 3. The highest BCUT2D eigenvalue weighted by molar-refractivity contribution is 7.71. The van der Waals surface area contributed by atoms with Crippen molar-refractivity contribution in [3.05, 3.63) is 82.0 Å². The number of pyridine rings is 1. The van der Waals surface area contributed by atoms with Crippen LogP contribution in [0.1, 0.15) is 46.7 Å². The number of benzene rings is 2. The van der Waals surface area contributed by atoms with E-state index < -0.39 is 12.1 Å². The molecule has 0 unspecified atom stereocenters. The Labute approximate surface area is 254 Å². The third-order valence-corrected chi connectivity index (χ3v) is 7.12. The van der Waals surface area contributed by atoms with Gasteiger partial charge >= 0.3 is 12.1 Å². The molecule has 0 aliphatic carbocycles. The zero-order chi connectivity index (χ0) is 32.0. The fraction of sp³-hybridized carbons (Fsp3) is 0.310. The van der Waals surface area contributed by atoms with Gasteiger partial charge in [-0.1, -0.05) is 18.2 Å². The van der Waals surface area contributed by atoms with Gasteiger partial charge in [-0.05, 0) is 62.0 Å². The number of H-pyrrole nitrogens is 2. The molecule has 4 N–H and O–H groups in total. The van der Waals surface area contributed by atoms with Gasteiger partial charge in [0.1, 0.15) is 18.2 Å². The van der Waals surface area contributed by atoms with Gasteiger partial charge in [-0.3, -0.25) is 19.7 Å². The van der Waals surface area contributed by atoms with Crippen molar-refractivity contribution in [3.63, 3.8) is 0 Å². The molecule has 0 bridgehead atoms. The Kier molecular flexibility index (Phi) is 9.98. The molecule has 5 rings (SSSR count). The van der Waals surface area contributed by atoms with Crippen LogP contribution in [0.15, 0.2) is 54.6 Å². The number of piperidine rings is 1. The Bertz CT molecular complexity index is 1710. The van der Waals surface area contributed by atoms with Crippen LogP contribution >= 0.6 is 12.2 Å². The number of carbonyl (C=O) groups excluding carboxylic acids is 2. The number of alkyl halides is 3. The third kappa shape index (κ3) is 8.18. The molecule has 2 atom stereocenters. The molecule has 11 nitrogen and oxygen atoms in total. The molecule has 4 aromatic rings. The minimum atomic E-state index is -5.08. The average Bonchev–Trinajstić information content (AvgIpc) is 3.41. The summed E-state index contributed by atoms with van der Waals surface area (Å²) < 4.78 is 38.2. The molecule has 1 saturated heterocycles. The summed E-state index contributed by atoms with van der Waals surface area (Å²) in [5, 5.41) is 18.3. The van der Waals surface area contributed by atoms with Crippen molar-refractivity contribution in [2.24, 2.45) is 0 Å². The summed E-state index contributed by atoms with van der Waals surface area (Å²) in [6.07, 6.45) is -4.42. The highest BCUT2D eigenvalue weighted by Gasteiger charge is 2.38. The van der Waals surface area contributed by atoms with E-state index in [-0.39, 0.29) is 23.8 Å². The topological polar surface area (TPSA) is 153 Å². The number of aromatic nitrogens is 4. The number of likely N-dealkylation sites (tertiary alicyclic amines) is 1. The Morgan fingerprint density at radius 1 is 1.16 bits per heavy atom. The molecule has 1 fully saturated rings. The number of hydrogen-bond donors (Lipinski definition) is 4. The maximum Gasteiger partial charge on any atom is 0.490 e. The average molecular weight is 631 g/mol. The van der Waals surface area contributed by atoms with Crippen LogP contribution < -0.4 is 10.1 Å². The molecule has 0 radical (unpaired) electrons. The summed E-state index contributed by atoms with van der Waals surface area (Å²) >= 11 is 5.12. The number of para-hydroxylation sites is 1. The van der Waals surface area contributed by atoms with Gasteiger partial charge in [0.25, 0.3) is 5.91 Å². The summed E-state index contributed by atoms with van der Waals surface area (Å²) in [5.74, 6) is -1.75. The van der Waals surface area contributed by atoms with E-state index >= 15 is 0 Å². The van der Waals surface area contributed by atoms with Crippen molar-refractivity contribution in [1.29, 1.82) is 0 Å². The Balaban J connectivity index is 0.000000566. The van der Waals surface area contributed by atoms with Crippen LogP contribution in [0, 0.1) is 11.7 Å². The van der Waals surface area contributed by atoms with Gasteiger partial charge < -0.3 is 25.0 Å². The molecule has 15 heteroatoms.